The summed E-state index contributed by atoms with van der Waals surface area (Å²) in [7, 11) is 2.19. The quantitative estimate of drug-likeness (QED) is 0.903. The maximum atomic E-state index is 3.71. The third-order valence-corrected chi connectivity index (χ3v) is 4.80. The molecule has 18 heavy (non-hydrogen) atoms. The van der Waals surface area contributed by atoms with Crippen LogP contribution < -0.4 is 5.43 Å². The molecule has 3 nitrogen and oxygen atoms in total. The second-order valence-electron chi connectivity index (χ2n) is 5.32. The Kier molecular flexibility index (Phi) is 3.71. The Labute approximate surface area is 117 Å². The molecule has 1 N–H and O–H groups in total. The van der Waals surface area contributed by atoms with Crippen molar-refractivity contribution in [3.05, 3.63) is 33.8 Å². The number of nitrogens with zero attached hydrogens (tertiary/aromatic N) is 2. The van der Waals surface area contributed by atoms with Gasteiger partial charge in [-0.25, -0.2) is 10.4 Å². The lowest BCUT2D eigenvalue weighted by atomic mass is 10.1. The van der Waals surface area contributed by atoms with Gasteiger partial charge in [-0.3, -0.25) is 0 Å². The summed E-state index contributed by atoms with van der Waals surface area (Å²) in [6.07, 6.45) is 2.40. The van der Waals surface area contributed by atoms with E-state index in [9.17, 15) is 0 Å². The zero-order valence-corrected chi connectivity index (χ0v) is 12.4. The molecule has 98 valence electrons. The van der Waals surface area contributed by atoms with E-state index in [1.54, 1.807) is 0 Å². The average molecular weight is 310 g/mol. The molecule has 0 spiro atoms. The minimum absolute atomic E-state index is 0.501. The Hall–Kier alpha value is -0.420. The monoisotopic (exact) mass is 309 g/mol. The molecule has 1 aromatic carbocycles. The standard InChI is InChI=1S/C14H20BrN3/c1-17-7-9-18(10-8-17)16-14-6-5-11-12(14)3-2-4-13(11)15/h2-4,14,16H,5-10H2,1H3. The summed E-state index contributed by atoms with van der Waals surface area (Å²) in [5.41, 5.74) is 6.67. The molecule has 0 amide bonds. The molecule has 0 bridgehead atoms. The molecular formula is C14H20BrN3. The molecule has 0 radical (unpaired) electrons. The largest absolute Gasteiger partial charge is 0.304 e. The maximum Gasteiger partial charge on any atom is 0.0471 e. The van der Waals surface area contributed by atoms with Crippen molar-refractivity contribution in [1.82, 2.24) is 15.3 Å². The Morgan fingerprint density at radius 2 is 2.00 bits per heavy atom. The van der Waals surface area contributed by atoms with Crippen molar-refractivity contribution in [2.45, 2.75) is 18.9 Å². The lowest BCUT2D eigenvalue weighted by Crippen LogP contribution is -2.51. The predicted molar refractivity (Wildman–Crippen MR) is 77.4 cm³/mol. The number of rotatable bonds is 2. The van der Waals surface area contributed by atoms with E-state index in [1.807, 2.05) is 0 Å². The summed E-state index contributed by atoms with van der Waals surface area (Å²) in [5, 5.41) is 2.39. The number of piperazine rings is 1. The third-order valence-electron chi connectivity index (χ3n) is 4.06. The molecular weight excluding hydrogens is 290 g/mol. The zero-order valence-electron chi connectivity index (χ0n) is 10.8. The molecule has 1 aromatic rings. The summed E-state index contributed by atoms with van der Waals surface area (Å²) in [6, 6.07) is 7.06. The molecule has 1 fully saturated rings. The molecule has 1 unspecified atom stereocenters. The molecule has 2 aliphatic rings. The highest BCUT2D eigenvalue weighted by Gasteiger charge is 2.26. The zero-order chi connectivity index (χ0) is 12.5. The second-order valence-corrected chi connectivity index (χ2v) is 6.17. The molecule has 0 aromatic heterocycles. The number of hydrogen-bond acceptors (Lipinski definition) is 3. The van der Waals surface area contributed by atoms with Crippen LogP contribution in [0.1, 0.15) is 23.6 Å². The Bertz CT molecular complexity index is 427. The van der Waals surface area contributed by atoms with Crippen LogP contribution in [0.2, 0.25) is 0 Å². The van der Waals surface area contributed by atoms with Crippen LogP contribution in [0.5, 0.6) is 0 Å². The summed E-state index contributed by atoms with van der Waals surface area (Å²) < 4.78 is 1.27. The van der Waals surface area contributed by atoms with Gasteiger partial charge in [0.05, 0.1) is 0 Å². The van der Waals surface area contributed by atoms with Crippen LogP contribution in [0, 0.1) is 0 Å². The van der Waals surface area contributed by atoms with E-state index in [1.165, 1.54) is 28.4 Å². The number of likely N-dealkylation sites (N-methyl/N-ethyl adjacent to an activating group) is 1. The Morgan fingerprint density at radius 1 is 1.22 bits per heavy atom. The second kappa shape index (κ2) is 5.29. The van der Waals surface area contributed by atoms with E-state index < -0.39 is 0 Å². The molecule has 1 heterocycles. The minimum Gasteiger partial charge on any atom is -0.304 e. The van der Waals surface area contributed by atoms with Crippen LogP contribution in [0.25, 0.3) is 0 Å². The normalized spacial score (nSPS) is 25.3. The highest BCUT2D eigenvalue weighted by atomic mass is 79.9. The van der Waals surface area contributed by atoms with Gasteiger partial charge >= 0.3 is 0 Å². The van der Waals surface area contributed by atoms with Crippen molar-refractivity contribution in [3.8, 4) is 0 Å². The third kappa shape index (κ3) is 2.48. The number of benzene rings is 1. The molecule has 3 rings (SSSR count). The lowest BCUT2D eigenvalue weighted by molar-refractivity contribution is 0.0868. The van der Waals surface area contributed by atoms with Gasteiger partial charge in [-0.1, -0.05) is 28.1 Å². The first kappa shape index (κ1) is 12.6. The average Bonchev–Trinajstić information content (AvgIpc) is 2.77. The van der Waals surface area contributed by atoms with Crippen LogP contribution in [0.3, 0.4) is 0 Å². The predicted octanol–water partition coefficient (Wildman–Crippen LogP) is 2.19. The fourth-order valence-electron chi connectivity index (χ4n) is 2.90. The fraction of sp³-hybridized carbons (Fsp3) is 0.571. The van der Waals surface area contributed by atoms with Crippen molar-refractivity contribution in [2.75, 3.05) is 33.2 Å². The number of hydrazine groups is 1. The van der Waals surface area contributed by atoms with Gasteiger partial charge in [-0.15, -0.1) is 0 Å². The number of hydrogen-bond donors (Lipinski definition) is 1. The Balaban J connectivity index is 1.68. The summed E-state index contributed by atoms with van der Waals surface area (Å²) in [6.45, 7) is 4.56. The van der Waals surface area contributed by atoms with Gasteiger partial charge in [0.15, 0.2) is 0 Å². The smallest absolute Gasteiger partial charge is 0.0471 e. The summed E-state index contributed by atoms with van der Waals surface area (Å²) in [5.74, 6) is 0. The van der Waals surface area contributed by atoms with Crippen molar-refractivity contribution in [3.63, 3.8) is 0 Å². The minimum atomic E-state index is 0.501. The van der Waals surface area contributed by atoms with Gasteiger partial charge in [0.1, 0.15) is 0 Å². The number of nitrogens with one attached hydrogen (secondary N) is 1. The molecule has 4 heteroatoms. The van der Waals surface area contributed by atoms with Crippen LogP contribution in [0.4, 0.5) is 0 Å². The van der Waals surface area contributed by atoms with E-state index >= 15 is 0 Å². The Morgan fingerprint density at radius 3 is 2.78 bits per heavy atom. The van der Waals surface area contributed by atoms with Crippen LogP contribution in [-0.2, 0) is 6.42 Å². The van der Waals surface area contributed by atoms with E-state index in [2.05, 4.69) is 56.5 Å². The van der Waals surface area contributed by atoms with Gasteiger partial charge < -0.3 is 4.90 Å². The van der Waals surface area contributed by atoms with Crippen LogP contribution >= 0.6 is 15.9 Å². The van der Waals surface area contributed by atoms with Crippen molar-refractivity contribution >= 4 is 15.9 Å². The van der Waals surface area contributed by atoms with Crippen LogP contribution in [-0.4, -0.2) is 43.1 Å². The molecule has 1 saturated heterocycles. The number of halogens is 1. The van der Waals surface area contributed by atoms with Gasteiger partial charge in [0.25, 0.3) is 0 Å². The highest BCUT2D eigenvalue weighted by Crippen LogP contribution is 2.35. The van der Waals surface area contributed by atoms with E-state index in [0.29, 0.717) is 6.04 Å². The fourth-order valence-corrected chi connectivity index (χ4v) is 3.48. The maximum absolute atomic E-state index is 3.71. The van der Waals surface area contributed by atoms with Crippen LogP contribution in [0.15, 0.2) is 22.7 Å². The SMILES string of the molecule is CN1CCN(NC2CCc3c(Br)cccc32)CC1. The van der Waals surface area contributed by atoms with E-state index in [-0.39, 0.29) is 0 Å². The van der Waals surface area contributed by atoms with E-state index in [0.717, 1.165) is 26.2 Å². The molecule has 1 aliphatic carbocycles. The molecule has 0 saturated carbocycles. The first-order valence-corrected chi connectivity index (χ1v) is 7.50. The molecule has 1 aliphatic heterocycles. The summed E-state index contributed by atoms with van der Waals surface area (Å²) in [4.78, 5) is 2.39. The van der Waals surface area contributed by atoms with Crippen molar-refractivity contribution in [1.29, 1.82) is 0 Å². The molecule has 1 atom stereocenters. The van der Waals surface area contributed by atoms with Gasteiger partial charge in [-0.05, 0) is 37.1 Å². The van der Waals surface area contributed by atoms with Gasteiger partial charge in [0, 0.05) is 36.7 Å². The van der Waals surface area contributed by atoms with Gasteiger partial charge in [0.2, 0.25) is 0 Å². The van der Waals surface area contributed by atoms with Crippen molar-refractivity contribution < 1.29 is 0 Å². The topological polar surface area (TPSA) is 18.5 Å². The lowest BCUT2D eigenvalue weighted by Gasteiger charge is -2.34. The highest BCUT2D eigenvalue weighted by molar-refractivity contribution is 9.10. The van der Waals surface area contributed by atoms with E-state index in [4.69, 9.17) is 0 Å². The van der Waals surface area contributed by atoms with Gasteiger partial charge in [-0.2, -0.15) is 0 Å². The summed E-state index contributed by atoms with van der Waals surface area (Å²) >= 11 is 3.66. The first-order valence-electron chi connectivity index (χ1n) is 6.71. The first-order chi connectivity index (χ1) is 8.74. The van der Waals surface area contributed by atoms with Crippen molar-refractivity contribution in [2.24, 2.45) is 0 Å². The number of fused-ring (bicyclic) bond motifs is 1.